The van der Waals surface area contributed by atoms with Crippen molar-refractivity contribution in [3.63, 3.8) is 0 Å². The van der Waals surface area contributed by atoms with Crippen LogP contribution in [0.4, 0.5) is 9.59 Å². The number of hydrogen-bond acceptors (Lipinski definition) is 7. The lowest BCUT2D eigenvalue weighted by Gasteiger charge is -2.29. The van der Waals surface area contributed by atoms with Crippen molar-refractivity contribution in [2.24, 2.45) is 0 Å². The zero-order valence-electron chi connectivity index (χ0n) is 18.2. The standard InChI is InChI=1S/C20H32N2O7S/c1-16(21-18(23)27-15-17-10-7-6-8-11-17)14-22(19(24)29-20(2,3)4)12-9-13-28-30(5,25)26/h6-8,10-11,16H,9,12-15H2,1-5H3,(H,21,23)/t16-/m0/s1. The minimum atomic E-state index is -3.55. The fourth-order valence-electron chi connectivity index (χ4n) is 2.39. The Bertz CT molecular complexity index is 776. The van der Waals surface area contributed by atoms with Crippen molar-refractivity contribution >= 4 is 22.3 Å². The van der Waals surface area contributed by atoms with Gasteiger partial charge in [0.1, 0.15) is 12.2 Å². The van der Waals surface area contributed by atoms with Crippen molar-refractivity contribution in [1.82, 2.24) is 10.2 Å². The first-order valence-corrected chi connectivity index (χ1v) is 11.5. The van der Waals surface area contributed by atoms with Gasteiger partial charge in [-0.15, -0.1) is 0 Å². The first-order valence-electron chi connectivity index (χ1n) is 9.65. The molecule has 0 bridgehead atoms. The normalized spacial score (nSPS) is 12.7. The van der Waals surface area contributed by atoms with Crippen LogP contribution in [0.1, 0.15) is 39.7 Å². The minimum absolute atomic E-state index is 0.0565. The van der Waals surface area contributed by atoms with Crippen LogP contribution < -0.4 is 5.32 Å². The summed E-state index contributed by atoms with van der Waals surface area (Å²) >= 11 is 0. The fourth-order valence-corrected chi connectivity index (χ4v) is 2.81. The second kappa shape index (κ2) is 11.8. The van der Waals surface area contributed by atoms with Gasteiger partial charge in [-0.2, -0.15) is 8.42 Å². The van der Waals surface area contributed by atoms with E-state index in [1.165, 1.54) is 4.90 Å². The van der Waals surface area contributed by atoms with Gasteiger partial charge in [-0.25, -0.2) is 9.59 Å². The number of hydrogen-bond donors (Lipinski definition) is 1. The van der Waals surface area contributed by atoms with Gasteiger partial charge in [-0.05, 0) is 39.7 Å². The third kappa shape index (κ3) is 12.3. The minimum Gasteiger partial charge on any atom is -0.445 e. The predicted octanol–water partition coefficient (Wildman–Crippen LogP) is 2.90. The number of ether oxygens (including phenoxy) is 2. The zero-order chi connectivity index (χ0) is 22.8. The molecule has 0 aliphatic carbocycles. The van der Waals surface area contributed by atoms with E-state index in [0.717, 1.165) is 11.8 Å². The molecule has 9 nitrogen and oxygen atoms in total. The molecule has 0 saturated carbocycles. The van der Waals surface area contributed by atoms with Crippen LogP contribution in [0.3, 0.4) is 0 Å². The van der Waals surface area contributed by atoms with Crippen LogP contribution in [0.15, 0.2) is 30.3 Å². The topological polar surface area (TPSA) is 111 Å². The molecule has 0 spiro atoms. The Morgan fingerprint density at radius 1 is 1.17 bits per heavy atom. The first kappa shape index (κ1) is 25.7. The van der Waals surface area contributed by atoms with Crippen molar-refractivity contribution in [2.45, 2.75) is 52.4 Å². The number of nitrogens with zero attached hydrogens (tertiary/aromatic N) is 1. The molecule has 0 fully saturated rings. The van der Waals surface area contributed by atoms with E-state index in [4.69, 9.17) is 13.7 Å². The summed E-state index contributed by atoms with van der Waals surface area (Å²) in [5, 5.41) is 2.68. The fraction of sp³-hybridized carbons (Fsp3) is 0.600. The molecule has 0 aliphatic rings. The number of carbonyl (C=O) groups excluding carboxylic acids is 2. The van der Waals surface area contributed by atoms with Gasteiger partial charge in [0.2, 0.25) is 0 Å². The highest BCUT2D eigenvalue weighted by Crippen LogP contribution is 2.11. The first-order chi connectivity index (χ1) is 13.9. The molecule has 0 saturated heterocycles. The van der Waals surface area contributed by atoms with Gasteiger partial charge in [-0.3, -0.25) is 4.18 Å². The van der Waals surface area contributed by atoms with Crippen LogP contribution in [0.5, 0.6) is 0 Å². The van der Waals surface area contributed by atoms with Gasteiger partial charge in [0.15, 0.2) is 0 Å². The Hall–Kier alpha value is -2.33. The van der Waals surface area contributed by atoms with Gasteiger partial charge >= 0.3 is 12.2 Å². The Morgan fingerprint density at radius 2 is 1.80 bits per heavy atom. The van der Waals surface area contributed by atoms with E-state index in [-0.39, 0.29) is 32.7 Å². The number of amides is 2. The molecule has 0 aliphatic heterocycles. The van der Waals surface area contributed by atoms with E-state index in [2.05, 4.69) is 5.32 Å². The SMILES string of the molecule is C[C@@H](CN(CCCOS(C)(=O)=O)C(=O)OC(C)(C)C)NC(=O)OCc1ccccc1. The lowest BCUT2D eigenvalue weighted by molar-refractivity contribution is 0.0225. The van der Waals surface area contributed by atoms with Crippen molar-refractivity contribution in [2.75, 3.05) is 26.0 Å². The Balaban J connectivity index is 2.57. The molecule has 1 aromatic rings. The number of benzene rings is 1. The molecule has 1 atom stereocenters. The van der Waals surface area contributed by atoms with Crippen molar-refractivity contribution in [1.29, 1.82) is 0 Å². The van der Waals surface area contributed by atoms with Crippen LogP contribution in [0.2, 0.25) is 0 Å². The summed E-state index contributed by atoms with van der Waals surface area (Å²) in [4.78, 5) is 25.9. The molecule has 0 unspecified atom stereocenters. The number of alkyl carbamates (subject to hydrolysis) is 1. The van der Waals surface area contributed by atoms with Gasteiger partial charge in [0.05, 0.1) is 12.9 Å². The number of nitrogens with one attached hydrogen (secondary N) is 1. The van der Waals surface area contributed by atoms with Crippen molar-refractivity contribution < 1.29 is 31.7 Å². The number of rotatable bonds is 10. The third-order valence-corrected chi connectivity index (χ3v) is 4.19. The van der Waals surface area contributed by atoms with Gasteiger partial charge in [-0.1, -0.05) is 30.3 Å². The average Bonchev–Trinajstić information content (AvgIpc) is 2.61. The smallest absolute Gasteiger partial charge is 0.410 e. The van der Waals surface area contributed by atoms with Gasteiger partial charge < -0.3 is 19.7 Å². The van der Waals surface area contributed by atoms with E-state index < -0.39 is 33.9 Å². The molecular formula is C20H32N2O7S. The van der Waals surface area contributed by atoms with E-state index in [9.17, 15) is 18.0 Å². The third-order valence-electron chi connectivity index (χ3n) is 3.59. The van der Waals surface area contributed by atoms with E-state index in [1.807, 2.05) is 30.3 Å². The Kier molecular flexibility index (Phi) is 10.1. The van der Waals surface area contributed by atoms with Crippen molar-refractivity contribution in [3.05, 3.63) is 35.9 Å². The molecule has 1 aromatic carbocycles. The highest BCUT2D eigenvalue weighted by molar-refractivity contribution is 7.85. The van der Waals surface area contributed by atoms with E-state index >= 15 is 0 Å². The summed E-state index contributed by atoms with van der Waals surface area (Å²) in [6.45, 7) is 7.42. The summed E-state index contributed by atoms with van der Waals surface area (Å²) in [5.41, 5.74) is 0.172. The molecule has 30 heavy (non-hydrogen) atoms. The lowest BCUT2D eigenvalue weighted by atomic mass is 10.2. The Morgan fingerprint density at radius 3 is 2.37 bits per heavy atom. The summed E-state index contributed by atoms with van der Waals surface area (Å²) in [6.07, 6.45) is 0.0902. The van der Waals surface area contributed by atoms with E-state index in [0.29, 0.717) is 0 Å². The lowest BCUT2D eigenvalue weighted by Crippen LogP contribution is -2.46. The zero-order valence-corrected chi connectivity index (χ0v) is 19.0. The van der Waals surface area contributed by atoms with Gasteiger partial charge in [0.25, 0.3) is 10.1 Å². The molecular weight excluding hydrogens is 412 g/mol. The van der Waals surface area contributed by atoms with Crippen LogP contribution in [0.25, 0.3) is 0 Å². The predicted molar refractivity (Wildman–Crippen MR) is 112 cm³/mol. The van der Waals surface area contributed by atoms with Crippen LogP contribution in [0, 0.1) is 0 Å². The largest absolute Gasteiger partial charge is 0.445 e. The molecule has 0 heterocycles. The summed E-state index contributed by atoms with van der Waals surface area (Å²) in [7, 11) is -3.55. The molecule has 170 valence electrons. The molecule has 10 heteroatoms. The maximum Gasteiger partial charge on any atom is 0.410 e. The molecule has 0 aromatic heterocycles. The summed E-state index contributed by atoms with van der Waals surface area (Å²) < 4.78 is 37.4. The monoisotopic (exact) mass is 444 g/mol. The second-order valence-corrected chi connectivity index (χ2v) is 9.56. The van der Waals surface area contributed by atoms with Crippen molar-refractivity contribution in [3.8, 4) is 0 Å². The highest BCUT2D eigenvalue weighted by atomic mass is 32.2. The molecule has 0 radical (unpaired) electrons. The Labute approximate surface area is 178 Å². The molecule has 1 rings (SSSR count). The quantitative estimate of drug-likeness (QED) is 0.436. The van der Waals surface area contributed by atoms with E-state index in [1.54, 1.807) is 27.7 Å². The maximum atomic E-state index is 12.5. The second-order valence-electron chi connectivity index (χ2n) is 7.91. The summed E-state index contributed by atoms with van der Waals surface area (Å²) in [6, 6.07) is 8.85. The van der Waals surface area contributed by atoms with Crippen LogP contribution in [-0.4, -0.2) is 63.1 Å². The van der Waals surface area contributed by atoms with Crippen LogP contribution >= 0.6 is 0 Å². The van der Waals surface area contributed by atoms with Crippen LogP contribution in [-0.2, 0) is 30.4 Å². The maximum absolute atomic E-state index is 12.5. The highest BCUT2D eigenvalue weighted by Gasteiger charge is 2.24. The number of carbonyl (C=O) groups is 2. The molecule has 2 amide bonds. The van der Waals surface area contributed by atoms with Gasteiger partial charge in [0, 0.05) is 19.1 Å². The molecule has 1 N–H and O–H groups in total. The average molecular weight is 445 g/mol. The summed E-state index contributed by atoms with van der Waals surface area (Å²) in [5.74, 6) is 0.